The van der Waals surface area contributed by atoms with Crippen molar-refractivity contribution in [3.05, 3.63) is 35.4 Å². The first kappa shape index (κ1) is 12.4. The van der Waals surface area contributed by atoms with Gasteiger partial charge in [0.05, 0.1) is 5.56 Å². The van der Waals surface area contributed by atoms with E-state index >= 15 is 0 Å². The minimum atomic E-state index is -4.50. The molecule has 2 rings (SSSR count). The molecular formula is C11H8F3NO3. The van der Waals surface area contributed by atoms with Crippen molar-refractivity contribution in [2.45, 2.75) is 18.6 Å². The standard InChI is InChI=1S/C11H8F3NO3/c12-11(13,14)7-4-2-1-3-6(7)5-8-9(16)18-10(17)15-8/h1-4,8H,5H2,(H,15,17)/t8-/m1/s1. The van der Waals surface area contributed by atoms with Gasteiger partial charge in [-0.25, -0.2) is 9.59 Å². The molecule has 0 aliphatic carbocycles. The lowest BCUT2D eigenvalue weighted by atomic mass is 10.0. The van der Waals surface area contributed by atoms with Crippen molar-refractivity contribution in [2.75, 3.05) is 0 Å². The molecular weight excluding hydrogens is 251 g/mol. The van der Waals surface area contributed by atoms with Crippen LogP contribution in [0, 0.1) is 0 Å². The van der Waals surface area contributed by atoms with Gasteiger partial charge in [-0.05, 0) is 11.6 Å². The highest BCUT2D eigenvalue weighted by atomic mass is 19.4. The number of ether oxygens (including phenoxy) is 1. The third kappa shape index (κ3) is 2.44. The van der Waals surface area contributed by atoms with Crippen molar-refractivity contribution in [1.82, 2.24) is 5.32 Å². The Hall–Kier alpha value is -2.05. The predicted molar refractivity (Wildman–Crippen MR) is 53.6 cm³/mol. The van der Waals surface area contributed by atoms with E-state index in [0.717, 1.165) is 6.07 Å². The minimum Gasteiger partial charge on any atom is -0.375 e. The summed E-state index contributed by atoms with van der Waals surface area (Å²) in [4.78, 5) is 21.9. The van der Waals surface area contributed by atoms with Gasteiger partial charge in [0.15, 0.2) is 0 Å². The fraction of sp³-hybridized carbons (Fsp3) is 0.273. The lowest BCUT2D eigenvalue weighted by Crippen LogP contribution is -2.31. The molecule has 0 unspecified atom stereocenters. The van der Waals surface area contributed by atoms with E-state index in [4.69, 9.17) is 0 Å². The minimum absolute atomic E-state index is 0.0610. The molecule has 1 saturated heterocycles. The van der Waals surface area contributed by atoms with Crippen LogP contribution in [0.2, 0.25) is 0 Å². The number of cyclic esters (lactones) is 2. The molecule has 1 aromatic carbocycles. The molecule has 0 aromatic heterocycles. The molecule has 0 bridgehead atoms. The number of nitrogens with one attached hydrogen (secondary N) is 1. The molecule has 4 nitrogen and oxygen atoms in total. The molecule has 0 saturated carbocycles. The summed E-state index contributed by atoms with van der Waals surface area (Å²) in [6.45, 7) is 0. The van der Waals surface area contributed by atoms with Gasteiger partial charge >= 0.3 is 18.2 Å². The molecule has 1 atom stereocenters. The van der Waals surface area contributed by atoms with E-state index in [-0.39, 0.29) is 12.0 Å². The van der Waals surface area contributed by atoms with Crippen molar-refractivity contribution in [1.29, 1.82) is 0 Å². The fourth-order valence-electron chi connectivity index (χ4n) is 1.72. The van der Waals surface area contributed by atoms with Crippen LogP contribution in [0.25, 0.3) is 0 Å². The van der Waals surface area contributed by atoms with Crippen molar-refractivity contribution >= 4 is 12.1 Å². The number of amides is 1. The smallest absolute Gasteiger partial charge is 0.375 e. The lowest BCUT2D eigenvalue weighted by Gasteiger charge is -2.13. The first-order chi connectivity index (χ1) is 8.38. The molecule has 96 valence electrons. The summed E-state index contributed by atoms with van der Waals surface area (Å²) in [7, 11) is 0. The number of rotatable bonds is 2. The summed E-state index contributed by atoms with van der Waals surface area (Å²) < 4.78 is 42.3. The Labute approximate surface area is 99.7 Å². The zero-order valence-corrected chi connectivity index (χ0v) is 8.95. The molecule has 0 radical (unpaired) electrons. The predicted octanol–water partition coefficient (Wildman–Crippen LogP) is 1.88. The number of esters is 1. The Bertz CT molecular complexity index is 499. The van der Waals surface area contributed by atoms with E-state index in [0.29, 0.717) is 0 Å². The van der Waals surface area contributed by atoms with Gasteiger partial charge in [0.1, 0.15) is 6.04 Å². The first-order valence-electron chi connectivity index (χ1n) is 5.05. The number of hydrogen-bond donors (Lipinski definition) is 1. The third-order valence-corrected chi connectivity index (χ3v) is 2.52. The maximum atomic E-state index is 12.7. The largest absolute Gasteiger partial charge is 0.416 e. The maximum absolute atomic E-state index is 12.7. The Kier molecular flexibility index (Phi) is 2.98. The van der Waals surface area contributed by atoms with E-state index in [2.05, 4.69) is 10.1 Å². The summed E-state index contributed by atoms with van der Waals surface area (Å²) >= 11 is 0. The molecule has 18 heavy (non-hydrogen) atoms. The quantitative estimate of drug-likeness (QED) is 0.651. The van der Waals surface area contributed by atoms with Crippen LogP contribution in [0.4, 0.5) is 18.0 Å². The van der Waals surface area contributed by atoms with Crippen LogP contribution in [-0.2, 0) is 22.1 Å². The summed E-state index contributed by atoms with van der Waals surface area (Å²) in [5.74, 6) is -0.864. The second-order valence-electron chi connectivity index (χ2n) is 3.76. The van der Waals surface area contributed by atoms with Crippen LogP contribution in [-0.4, -0.2) is 18.1 Å². The van der Waals surface area contributed by atoms with Crippen LogP contribution in [0.3, 0.4) is 0 Å². The number of alkyl halides is 3. The zero-order chi connectivity index (χ0) is 13.3. The van der Waals surface area contributed by atoms with Crippen LogP contribution in [0.15, 0.2) is 24.3 Å². The lowest BCUT2D eigenvalue weighted by molar-refractivity contribution is -0.139. The number of hydrogen-bond acceptors (Lipinski definition) is 3. The van der Waals surface area contributed by atoms with E-state index in [1.54, 1.807) is 0 Å². The van der Waals surface area contributed by atoms with Gasteiger partial charge < -0.3 is 10.1 Å². The highest BCUT2D eigenvalue weighted by Gasteiger charge is 2.37. The molecule has 1 heterocycles. The van der Waals surface area contributed by atoms with Crippen molar-refractivity contribution in [2.24, 2.45) is 0 Å². The first-order valence-corrected chi connectivity index (χ1v) is 5.05. The fourth-order valence-corrected chi connectivity index (χ4v) is 1.72. The summed E-state index contributed by atoms with van der Waals surface area (Å²) in [6, 6.07) is 3.82. The topological polar surface area (TPSA) is 55.4 Å². The van der Waals surface area contributed by atoms with Crippen LogP contribution >= 0.6 is 0 Å². The summed E-state index contributed by atoms with van der Waals surface area (Å²) in [5.41, 5.74) is -0.881. The van der Waals surface area contributed by atoms with E-state index < -0.39 is 29.8 Å². The average molecular weight is 259 g/mol. The van der Waals surface area contributed by atoms with Gasteiger partial charge in [-0.2, -0.15) is 13.2 Å². The van der Waals surface area contributed by atoms with E-state index in [9.17, 15) is 22.8 Å². The number of carbonyl (C=O) groups excluding carboxylic acids is 2. The number of carbonyl (C=O) groups is 2. The molecule has 1 N–H and O–H groups in total. The van der Waals surface area contributed by atoms with Gasteiger partial charge in [0, 0.05) is 6.42 Å². The summed E-state index contributed by atoms with van der Waals surface area (Å²) in [5, 5.41) is 2.15. The molecule has 1 fully saturated rings. The Morgan fingerprint density at radius 1 is 1.22 bits per heavy atom. The van der Waals surface area contributed by atoms with Crippen LogP contribution < -0.4 is 5.32 Å². The van der Waals surface area contributed by atoms with E-state index in [1.165, 1.54) is 18.2 Å². The summed E-state index contributed by atoms with van der Waals surface area (Å²) in [6.07, 6.45) is -5.68. The zero-order valence-electron chi connectivity index (χ0n) is 8.95. The van der Waals surface area contributed by atoms with Crippen LogP contribution in [0.5, 0.6) is 0 Å². The molecule has 1 aromatic rings. The molecule has 1 aliphatic heterocycles. The van der Waals surface area contributed by atoms with Crippen molar-refractivity contribution in [3.8, 4) is 0 Å². The van der Waals surface area contributed by atoms with Crippen molar-refractivity contribution in [3.63, 3.8) is 0 Å². The van der Waals surface area contributed by atoms with Gasteiger partial charge in [-0.1, -0.05) is 18.2 Å². The van der Waals surface area contributed by atoms with Gasteiger partial charge in [0.25, 0.3) is 0 Å². The number of halogens is 3. The molecule has 0 spiro atoms. The van der Waals surface area contributed by atoms with Gasteiger partial charge in [-0.15, -0.1) is 0 Å². The monoisotopic (exact) mass is 259 g/mol. The van der Waals surface area contributed by atoms with Gasteiger partial charge in [-0.3, -0.25) is 0 Å². The second kappa shape index (κ2) is 4.32. The Morgan fingerprint density at radius 3 is 2.44 bits per heavy atom. The van der Waals surface area contributed by atoms with Gasteiger partial charge in [0.2, 0.25) is 0 Å². The highest BCUT2D eigenvalue weighted by molar-refractivity contribution is 5.95. The highest BCUT2D eigenvalue weighted by Crippen LogP contribution is 2.32. The third-order valence-electron chi connectivity index (χ3n) is 2.52. The average Bonchev–Trinajstić information content (AvgIpc) is 2.57. The maximum Gasteiger partial charge on any atom is 0.416 e. The molecule has 7 heteroatoms. The Morgan fingerprint density at radius 2 is 1.89 bits per heavy atom. The number of alkyl carbamates (subject to hydrolysis) is 1. The SMILES string of the molecule is O=C1N[C@H](Cc2ccccc2C(F)(F)F)C(=O)O1. The molecule has 1 aliphatic rings. The van der Waals surface area contributed by atoms with Crippen molar-refractivity contribution < 1.29 is 27.5 Å². The van der Waals surface area contributed by atoms with E-state index in [1.807, 2.05) is 0 Å². The Balaban J connectivity index is 2.25. The molecule has 1 amide bonds. The second-order valence-corrected chi connectivity index (χ2v) is 3.76. The normalized spacial score (nSPS) is 19.6. The van der Waals surface area contributed by atoms with Crippen LogP contribution in [0.1, 0.15) is 11.1 Å². The number of benzene rings is 1.